The van der Waals surface area contributed by atoms with E-state index in [2.05, 4.69) is 162 Å². The number of fused-ring (bicyclic) bond motifs is 12. The standard InChI is InChI=1S/C59H34N4O2/c1-2-14-35(15-3-1)36-28-30-37(31-29-36)57-60-58(44-22-12-26-51-54(44)43-21-9-11-25-50(43)64-51)62-59(61-57)45-23-13-27-52-56(45)55-42-20-7-6-18-40(42)49(34-53(55)65-52)63-47-24-10-8-19-41(47)46-32-38-16-4-5-17-39(38)33-48(46)63/h1-34H. The highest BCUT2D eigenvalue weighted by molar-refractivity contribution is 6.25. The smallest absolute Gasteiger partial charge is 0.164 e. The highest BCUT2D eigenvalue weighted by atomic mass is 16.3. The third kappa shape index (κ3) is 5.44. The summed E-state index contributed by atoms with van der Waals surface area (Å²) in [6, 6.07) is 72.0. The van der Waals surface area contributed by atoms with Gasteiger partial charge in [0.15, 0.2) is 17.5 Å². The predicted octanol–water partition coefficient (Wildman–Crippen LogP) is 15.7. The van der Waals surface area contributed by atoms with Gasteiger partial charge >= 0.3 is 0 Å². The fraction of sp³-hybridized carbons (Fsp3) is 0. The molecule has 302 valence electrons. The first-order valence-electron chi connectivity index (χ1n) is 21.8. The van der Waals surface area contributed by atoms with Crippen LogP contribution in [0.5, 0.6) is 0 Å². The molecule has 0 fully saturated rings. The van der Waals surface area contributed by atoms with Crippen LogP contribution >= 0.6 is 0 Å². The van der Waals surface area contributed by atoms with Gasteiger partial charge in [0.1, 0.15) is 22.3 Å². The van der Waals surface area contributed by atoms with Gasteiger partial charge in [0.2, 0.25) is 0 Å². The Kier molecular flexibility index (Phi) is 7.59. The number of aromatic nitrogens is 4. The van der Waals surface area contributed by atoms with E-state index in [0.29, 0.717) is 17.5 Å². The number of hydrogen-bond donors (Lipinski definition) is 0. The maximum Gasteiger partial charge on any atom is 0.164 e. The highest BCUT2D eigenvalue weighted by Crippen LogP contribution is 2.45. The Hall–Kier alpha value is -8.87. The molecule has 65 heavy (non-hydrogen) atoms. The maximum atomic E-state index is 6.94. The van der Waals surface area contributed by atoms with Gasteiger partial charge in [0, 0.05) is 60.5 Å². The van der Waals surface area contributed by atoms with Gasteiger partial charge in [-0.15, -0.1) is 0 Å². The minimum Gasteiger partial charge on any atom is -0.456 e. The molecule has 14 aromatic rings. The van der Waals surface area contributed by atoms with Crippen molar-refractivity contribution < 1.29 is 8.83 Å². The summed E-state index contributed by atoms with van der Waals surface area (Å²) in [6.07, 6.45) is 0. The van der Waals surface area contributed by atoms with Crippen LogP contribution in [0.15, 0.2) is 215 Å². The Morgan fingerprint density at radius 2 is 0.862 bits per heavy atom. The number of hydrogen-bond acceptors (Lipinski definition) is 5. The largest absolute Gasteiger partial charge is 0.456 e. The van der Waals surface area contributed by atoms with Crippen LogP contribution < -0.4 is 0 Å². The van der Waals surface area contributed by atoms with Crippen molar-refractivity contribution in [1.82, 2.24) is 19.5 Å². The van der Waals surface area contributed by atoms with Gasteiger partial charge in [-0.05, 0) is 63.7 Å². The lowest BCUT2D eigenvalue weighted by Gasteiger charge is -2.13. The Morgan fingerprint density at radius 1 is 0.308 bits per heavy atom. The molecular weight excluding hydrogens is 797 g/mol. The molecule has 0 saturated heterocycles. The van der Waals surface area contributed by atoms with Gasteiger partial charge in [0.25, 0.3) is 0 Å². The molecule has 0 aliphatic carbocycles. The molecule has 4 aromatic heterocycles. The third-order valence-corrected chi connectivity index (χ3v) is 13.0. The fourth-order valence-corrected chi connectivity index (χ4v) is 10.1. The van der Waals surface area contributed by atoms with E-state index in [0.717, 1.165) is 99.2 Å². The monoisotopic (exact) mass is 830 g/mol. The first kappa shape index (κ1) is 35.7. The van der Waals surface area contributed by atoms with E-state index < -0.39 is 0 Å². The second-order valence-electron chi connectivity index (χ2n) is 16.7. The average molecular weight is 831 g/mol. The van der Waals surface area contributed by atoms with Crippen molar-refractivity contribution in [3.63, 3.8) is 0 Å². The molecule has 14 rings (SSSR count). The number of para-hydroxylation sites is 2. The van der Waals surface area contributed by atoms with E-state index in [1.54, 1.807) is 0 Å². The maximum absolute atomic E-state index is 6.94. The van der Waals surface area contributed by atoms with E-state index >= 15 is 0 Å². The summed E-state index contributed by atoms with van der Waals surface area (Å²) in [5, 5.41) is 11.0. The molecular formula is C59H34N4O2. The van der Waals surface area contributed by atoms with Crippen LogP contribution in [0.4, 0.5) is 0 Å². The average Bonchev–Trinajstić information content (AvgIpc) is 4.05. The van der Waals surface area contributed by atoms with Crippen LogP contribution in [0.3, 0.4) is 0 Å². The summed E-state index contributed by atoms with van der Waals surface area (Å²) in [5.74, 6) is 1.69. The van der Waals surface area contributed by atoms with Gasteiger partial charge < -0.3 is 13.4 Å². The zero-order valence-electron chi connectivity index (χ0n) is 34.7. The van der Waals surface area contributed by atoms with Gasteiger partial charge in [-0.25, -0.2) is 15.0 Å². The van der Waals surface area contributed by atoms with Crippen molar-refractivity contribution in [2.24, 2.45) is 0 Å². The molecule has 10 aromatic carbocycles. The van der Waals surface area contributed by atoms with Crippen molar-refractivity contribution in [3.05, 3.63) is 206 Å². The molecule has 0 radical (unpaired) electrons. The molecule has 0 N–H and O–H groups in total. The molecule has 0 aliphatic rings. The van der Waals surface area contributed by atoms with E-state index in [1.807, 2.05) is 48.5 Å². The van der Waals surface area contributed by atoms with E-state index in [-0.39, 0.29) is 0 Å². The third-order valence-electron chi connectivity index (χ3n) is 13.0. The lowest BCUT2D eigenvalue weighted by molar-refractivity contribution is 0.668. The second kappa shape index (κ2) is 13.8. The molecule has 0 atom stereocenters. The molecule has 0 saturated carbocycles. The Labute approximate surface area is 371 Å². The van der Waals surface area contributed by atoms with Crippen LogP contribution in [0.1, 0.15) is 0 Å². The summed E-state index contributed by atoms with van der Waals surface area (Å²) in [7, 11) is 0. The van der Waals surface area contributed by atoms with E-state index in [4.69, 9.17) is 23.8 Å². The number of nitrogens with zero attached hydrogens (tertiary/aromatic N) is 4. The van der Waals surface area contributed by atoms with Crippen LogP contribution in [0, 0.1) is 0 Å². The predicted molar refractivity (Wildman–Crippen MR) is 265 cm³/mol. The zero-order valence-corrected chi connectivity index (χ0v) is 34.7. The number of furan rings is 2. The van der Waals surface area contributed by atoms with E-state index in [1.165, 1.54) is 21.5 Å². The minimum absolute atomic E-state index is 0.553. The van der Waals surface area contributed by atoms with Crippen molar-refractivity contribution in [1.29, 1.82) is 0 Å². The van der Waals surface area contributed by atoms with Crippen molar-refractivity contribution >= 4 is 87.2 Å². The van der Waals surface area contributed by atoms with Crippen LogP contribution in [-0.2, 0) is 0 Å². The molecule has 6 nitrogen and oxygen atoms in total. The molecule has 6 heteroatoms. The normalized spacial score (nSPS) is 12.0. The Bertz CT molecular complexity index is 4240. The lowest BCUT2D eigenvalue weighted by atomic mass is 9.98. The molecule has 0 spiro atoms. The lowest BCUT2D eigenvalue weighted by Crippen LogP contribution is -2.01. The van der Waals surface area contributed by atoms with Crippen molar-refractivity contribution in [2.75, 3.05) is 0 Å². The summed E-state index contributed by atoms with van der Waals surface area (Å²) < 4.78 is 15.7. The minimum atomic E-state index is 0.553. The van der Waals surface area contributed by atoms with Crippen LogP contribution in [0.2, 0.25) is 0 Å². The molecule has 0 amide bonds. The molecule has 0 bridgehead atoms. The molecule has 4 heterocycles. The number of benzene rings is 10. The topological polar surface area (TPSA) is 69.9 Å². The SMILES string of the molecule is c1ccc(-c2ccc(-c3nc(-c4cccc5oc6ccccc6c45)nc(-c4cccc5oc6cc(-n7c8ccccc8c8cc9ccccc9cc87)c7ccccc7c6c45)n3)cc2)cc1. The van der Waals surface area contributed by atoms with Crippen LogP contribution in [0.25, 0.3) is 138 Å². The van der Waals surface area contributed by atoms with Gasteiger partial charge in [-0.2, -0.15) is 0 Å². The van der Waals surface area contributed by atoms with E-state index in [9.17, 15) is 0 Å². The van der Waals surface area contributed by atoms with Gasteiger partial charge in [-0.3, -0.25) is 0 Å². The summed E-state index contributed by atoms with van der Waals surface area (Å²) >= 11 is 0. The second-order valence-corrected chi connectivity index (χ2v) is 16.7. The summed E-state index contributed by atoms with van der Waals surface area (Å²) in [4.78, 5) is 15.9. The first-order valence-corrected chi connectivity index (χ1v) is 21.8. The molecule has 0 aliphatic heterocycles. The summed E-state index contributed by atoms with van der Waals surface area (Å²) in [6.45, 7) is 0. The Morgan fingerprint density at radius 3 is 1.65 bits per heavy atom. The van der Waals surface area contributed by atoms with Gasteiger partial charge in [0.05, 0.1) is 16.7 Å². The summed E-state index contributed by atoms with van der Waals surface area (Å²) in [5.41, 5.74) is 11.4. The molecule has 0 unspecified atom stereocenters. The van der Waals surface area contributed by atoms with Crippen molar-refractivity contribution in [2.45, 2.75) is 0 Å². The zero-order chi connectivity index (χ0) is 42.6. The Balaban J connectivity index is 1.03. The quantitative estimate of drug-likeness (QED) is 0.173. The first-order chi connectivity index (χ1) is 32.2. The number of rotatable bonds is 5. The fourth-order valence-electron chi connectivity index (χ4n) is 10.1. The highest BCUT2D eigenvalue weighted by Gasteiger charge is 2.24. The van der Waals surface area contributed by atoms with Crippen LogP contribution in [-0.4, -0.2) is 19.5 Å². The van der Waals surface area contributed by atoms with Crippen molar-refractivity contribution in [3.8, 4) is 51.0 Å². The van der Waals surface area contributed by atoms with Gasteiger partial charge in [-0.1, -0.05) is 164 Å².